The monoisotopic (exact) mass is 400 g/mol. The average Bonchev–Trinajstić information content (AvgIpc) is 3.31. The number of piperidine rings is 1. The Morgan fingerprint density at radius 3 is 2.50 bits per heavy atom. The molecule has 5 nitrogen and oxygen atoms in total. The van der Waals surface area contributed by atoms with Crippen molar-refractivity contribution in [3.05, 3.63) is 52.8 Å². The largest absolute Gasteiger partial charge is 0.348 e. The maximum atomic E-state index is 12.5. The lowest BCUT2D eigenvalue weighted by Crippen LogP contribution is -2.48. The number of carbonyl (C=O) groups excluding carboxylic acids is 1. The van der Waals surface area contributed by atoms with E-state index < -0.39 is 0 Å². The molecule has 0 spiro atoms. The summed E-state index contributed by atoms with van der Waals surface area (Å²) in [7, 11) is 1.74. The summed E-state index contributed by atoms with van der Waals surface area (Å²) in [5.41, 5.74) is 2.24. The van der Waals surface area contributed by atoms with Crippen LogP contribution in [0.25, 0.3) is 0 Å². The van der Waals surface area contributed by atoms with E-state index in [1.807, 2.05) is 0 Å². The number of carbonyl (C=O) groups is 1. The molecule has 2 aromatic rings. The molecule has 0 atom stereocenters. The van der Waals surface area contributed by atoms with Crippen molar-refractivity contribution >= 4 is 17.5 Å². The van der Waals surface area contributed by atoms with Gasteiger partial charge in [-0.3, -0.25) is 9.48 Å². The highest BCUT2D eigenvalue weighted by Crippen LogP contribution is 2.42. The highest BCUT2D eigenvalue weighted by molar-refractivity contribution is 6.33. The molecule has 1 aliphatic heterocycles. The summed E-state index contributed by atoms with van der Waals surface area (Å²) in [5, 5.41) is 7.61. The fraction of sp³-hybridized carbons (Fsp3) is 0.545. The van der Waals surface area contributed by atoms with Gasteiger partial charge in [0.05, 0.1) is 11.2 Å². The van der Waals surface area contributed by atoms with Crippen molar-refractivity contribution < 1.29 is 4.79 Å². The van der Waals surface area contributed by atoms with Gasteiger partial charge in [-0.15, -0.1) is 0 Å². The van der Waals surface area contributed by atoms with Gasteiger partial charge in [-0.25, -0.2) is 0 Å². The minimum Gasteiger partial charge on any atom is -0.348 e. The molecular weight excluding hydrogens is 372 g/mol. The maximum absolute atomic E-state index is 12.5. The second-order valence-corrected chi connectivity index (χ2v) is 8.75. The number of amides is 1. The van der Waals surface area contributed by atoms with Gasteiger partial charge >= 0.3 is 0 Å². The summed E-state index contributed by atoms with van der Waals surface area (Å²) in [6, 6.07) is 11.2. The van der Waals surface area contributed by atoms with E-state index in [-0.39, 0.29) is 11.9 Å². The Labute approximate surface area is 172 Å². The molecule has 2 fully saturated rings. The highest BCUT2D eigenvalue weighted by atomic mass is 35.5. The molecular formula is C22H29ClN4O. The SMILES string of the molecule is Cn1ncc(Cl)c1C(=O)NC1CCN(CC2(c3ccccc3)CCCC2)CC1. The number of aromatic nitrogens is 2. The molecule has 1 aliphatic carbocycles. The van der Waals surface area contributed by atoms with Gasteiger partial charge in [-0.2, -0.15) is 5.10 Å². The van der Waals surface area contributed by atoms with E-state index >= 15 is 0 Å². The Bertz CT molecular complexity index is 786. The van der Waals surface area contributed by atoms with Crippen LogP contribution >= 0.6 is 11.6 Å². The zero-order valence-corrected chi connectivity index (χ0v) is 17.3. The lowest BCUT2D eigenvalue weighted by molar-refractivity contribution is 0.0891. The van der Waals surface area contributed by atoms with Gasteiger partial charge in [0.25, 0.3) is 5.91 Å². The number of likely N-dealkylation sites (tertiary alicyclic amines) is 1. The molecule has 28 heavy (non-hydrogen) atoms. The molecule has 0 bridgehead atoms. The van der Waals surface area contributed by atoms with Gasteiger partial charge in [0, 0.05) is 38.1 Å². The third kappa shape index (κ3) is 3.96. The van der Waals surface area contributed by atoms with Crippen molar-refractivity contribution in [2.45, 2.75) is 50.0 Å². The van der Waals surface area contributed by atoms with Crippen molar-refractivity contribution in [1.29, 1.82) is 0 Å². The van der Waals surface area contributed by atoms with Crippen molar-refractivity contribution in [3.8, 4) is 0 Å². The standard InChI is InChI=1S/C22H29ClN4O/c1-26-20(19(23)15-24-26)21(28)25-18-9-13-27(14-10-18)16-22(11-5-6-12-22)17-7-3-2-4-8-17/h2-4,7-8,15,18H,5-6,9-14,16H2,1H3,(H,25,28). The van der Waals surface area contributed by atoms with Crippen LogP contribution < -0.4 is 5.32 Å². The van der Waals surface area contributed by atoms with Gasteiger partial charge < -0.3 is 10.2 Å². The van der Waals surface area contributed by atoms with Crippen LogP contribution in [0.15, 0.2) is 36.5 Å². The molecule has 4 rings (SSSR count). The van der Waals surface area contributed by atoms with Crippen molar-refractivity contribution in [2.24, 2.45) is 7.05 Å². The molecule has 1 amide bonds. The zero-order valence-electron chi connectivity index (χ0n) is 16.5. The Balaban J connectivity index is 1.35. The highest BCUT2D eigenvalue weighted by Gasteiger charge is 2.38. The smallest absolute Gasteiger partial charge is 0.271 e. The molecule has 2 heterocycles. The normalized spacial score (nSPS) is 20.4. The van der Waals surface area contributed by atoms with Gasteiger partial charge in [0.2, 0.25) is 0 Å². The van der Waals surface area contributed by atoms with Gasteiger partial charge in [-0.1, -0.05) is 54.8 Å². The van der Waals surface area contributed by atoms with Crippen molar-refractivity contribution in [1.82, 2.24) is 20.0 Å². The van der Waals surface area contributed by atoms with E-state index in [9.17, 15) is 4.79 Å². The molecule has 6 heteroatoms. The fourth-order valence-electron chi connectivity index (χ4n) is 4.96. The summed E-state index contributed by atoms with van der Waals surface area (Å²) in [6.45, 7) is 3.18. The van der Waals surface area contributed by atoms with Gasteiger partial charge in [-0.05, 0) is 31.2 Å². The van der Waals surface area contributed by atoms with Crippen LogP contribution in [0, 0.1) is 0 Å². The third-order valence-corrected chi connectivity index (χ3v) is 6.78. The average molecular weight is 401 g/mol. The van der Waals surface area contributed by atoms with Crippen LogP contribution in [0.1, 0.15) is 54.6 Å². The van der Waals surface area contributed by atoms with E-state index in [2.05, 4.69) is 45.6 Å². The zero-order chi connectivity index (χ0) is 19.6. The summed E-state index contributed by atoms with van der Waals surface area (Å²) in [5.74, 6) is -0.125. The lowest BCUT2D eigenvalue weighted by Gasteiger charge is -2.39. The summed E-state index contributed by atoms with van der Waals surface area (Å²) >= 11 is 6.10. The third-order valence-electron chi connectivity index (χ3n) is 6.51. The molecule has 1 saturated heterocycles. The minimum absolute atomic E-state index is 0.125. The summed E-state index contributed by atoms with van der Waals surface area (Å²) < 4.78 is 1.54. The molecule has 0 radical (unpaired) electrons. The number of halogens is 1. The van der Waals surface area contributed by atoms with Gasteiger partial charge in [0.1, 0.15) is 5.69 Å². The van der Waals surface area contributed by atoms with E-state index in [1.165, 1.54) is 42.1 Å². The van der Waals surface area contributed by atoms with Crippen LogP contribution in [-0.2, 0) is 12.5 Å². The Morgan fingerprint density at radius 1 is 1.21 bits per heavy atom. The van der Waals surface area contributed by atoms with E-state index in [4.69, 9.17) is 11.6 Å². The molecule has 2 aliphatic rings. The van der Waals surface area contributed by atoms with E-state index in [0.29, 0.717) is 16.1 Å². The first kappa shape index (κ1) is 19.5. The number of nitrogens with zero attached hydrogens (tertiary/aromatic N) is 3. The second kappa shape index (κ2) is 8.26. The molecule has 1 saturated carbocycles. The fourth-order valence-corrected chi connectivity index (χ4v) is 5.22. The number of benzene rings is 1. The van der Waals surface area contributed by atoms with E-state index in [1.54, 1.807) is 7.05 Å². The van der Waals surface area contributed by atoms with Crippen LogP contribution in [0.4, 0.5) is 0 Å². The van der Waals surface area contributed by atoms with Crippen molar-refractivity contribution in [3.63, 3.8) is 0 Å². The number of hydrogen-bond donors (Lipinski definition) is 1. The number of hydrogen-bond acceptors (Lipinski definition) is 3. The van der Waals surface area contributed by atoms with E-state index in [0.717, 1.165) is 32.5 Å². The first-order valence-corrected chi connectivity index (χ1v) is 10.7. The molecule has 150 valence electrons. The Morgan fingerprint density at radius 2 is 1.89 bits per heavy atom. The van der Waals surface area contributed by atoms with Crippen LogP contribution in [0.3, 0.4) is 0 Å². The number of aryl methyl sites for hydroxylation is 1. The summed E-state index contributed by atoms with van der Waals surface area (Å²) in [6.07, 6.45) is 8.70. The predicted molar refractivity (Wildman–Crippen MR) is 112 cm³/mol. The quantitative estimate of drug-likeness (QED) is 0.830. The topological polar surface area (TPSA) is 50.2 Å². The van der Waals surface area contributed by atoms with Crippen molar-refractivity contribution in [2.75, 3.05) is 19.6 Å². The molecule has 1 N–H and O–H groups in total. The maximum Gasteiger partial charge on any atom is 0.271 e. The Kier molecular flexibility index (Phi) is 5.74. The first-order valence-electron chi connectivity index (χ1n) is 10.3. The van der Waals surface area contributed by atoms with Gasteiger partial charge in [0.15, 0.2) is 0 Å². The number of nitrogens with one attached hydrogen (secondary N) is 1. The summed E-state index contributed by atoms with van der Waals surface area (Å²) in [4.78, 5) is 15.1. The minimum atomic E-state index is -0.125. The first-order chi connectivity index (χ1) is 13.6. The van der Waals surface area contributed by atoms with Crippen LogP contribution in [0.5, 0.6) is 0 Å². The lowest BCUT2D eigenvalue weighted by atomic mass is 9.78. The van der Waals surface area contributed by atoms with Crippen LogP contribution in [0.2, 0.25) is 5.02 Å². The number of rotatable bonds is 5. The van der Waals surface area contributed by atoms with Crippen LogP contribution in [-0.4, -0.2) is 46.3 Å². The second-order valence-electron chi connectivity index (χ2n) is 8.34. The predicted octanol–water partition coefficient (Wildman–Crippen LogP) is 3.78. The molecule has 0 unspecified atom stereocenters. The molecule has 1 aromatic heterocycles. The Hall–Kier alpha value is -1.85. The molecule has 1 aromatic carbocycles.